The standard InChI is InChI=1S/C33H40FN7O3/c1-18(24-13-20(34)17-41(24)4)42-26-14-27(43-25-16-37-32(25,2)3)39-31(38-26)29-21-8-6-12-33(30(21)44-40-29)11-5-7-19-9-10-23(36)22(15-35)28(19)33/h9-10,14,18,20,24-25,37H,5-8,11-13,16-17,36H2,1-4H3. The lowest BCUT2D eigenvalue weighted by atomic mass is 9.61. The van der Waals surface area contributed by atoms with Crippen LogP contribution in [-0.2, 0) is 18.3 Å². The number of nitrogens with zero attached hydrogens (tertiary/aromatic N) is 5. The summed E-state index contributed by atoms with van der Waals surface area (Å²) in [5.41, 5.74) is 10.3. The number of hydrogen-bond donors (Lipinski definition) is 2. The Balaban J connectivity index is 1.29. The Bertz CT molecular complexity index is 1630. The Labute approximate surface area is 257 Å². The minimum atomic E-state index is -0.875. The fraction of sp³-hybridized carbons (Fsp3) is 0.576. The van der Waals surface area contributed by atoms with Crippen LogP contribution in [0.2, 0.25) is 0 Å². The first-order chi connectivity index (χ1) is 21.1. The molecule has 3 aromatic rings. The van der Waals surface area contributed by atoms with Crippen LogP contribution in [0.25, 0.3) is 11.5 Å². The fourth-order valence-electron chi connectivity index (χ4n) is 7.84. The van der Waals surface area contributed by atoms with E-state index in [1.807, 2.05) is 24.9 Å². The number of nitriles is 1. The first-order valence-corrected chi connectivity index (χ1v) is 15.7. The summed E-state index contributed by atoms with van der Waals surface area (Å²) in [5, 5.41) is 18.1. The number of ether oxygens (including phenoxy) is 2. The Morgan fingerprint density at radius 2 is 1.98 bits per heavy atom. The van der Waals surface area contributed by atoms with E-state index in [1.54, 1.807) is 6.07 Å². The number of likely N-dealkylation sites (tertiary alicyclic amines) is 1. The number of alkyl halides is 1. The number of hydrogen-bond acceptors (Lipinski definition) is 10. The Kier molecular flexibility index (Phi) is 7.05. The predicted molar refractivity (Wildman–Crippen MR) is 162 cm³/mol. The second-order valence-corrected chi connectivity index (χ2v) is 13.5. The molecule has 1 spiro atoms. The Hall–Kier alpha value is -3.75. The number of aromatic nitrogens is 3. The van der Waals surface area contributed by atoms with Gasteiger partial charge in [-0.3, -0.25) is 4.90 Å². The van der Waals surface area contributed by atoms with Gasteiger partial charge in [0.1, 0.15) is 24.4 Å². The maximum atomic E-state index is 14.2. The normalized spacial score (nSPS) is 28.0. The summed E-state index contributed by atoms with van der Waals surface area (Å²) in [5.74, 6) is 1.88. The Morgan fingerprint density at radius 1 is 1.20 bits per heavy atom. The second kappa shape index (κ2) is 10.7. The lowest BCUT2D eigenvalue weighted by Crippen LogP contribution is -2.67. The molecular weight excluding hydrogens is 561 g/mol. The molecule has 5 unspecified atom stereocenters. The van der Waals surface area contributed by atoms with Crippen LogP contribution in [0.5, 0.6) is 11.8 Å². The van der Waals surface area contributed by atoms with Crippen molar-refractivity contribution < 1.29 is 18.4 Å². The van der Waals surface area contributed by atoms with E-state index in [0.717, 1.165) is 61.0 Å². The number of nitrogens with one attached hydrogen (secondary N) is 1. The molecule has 2 fully saturated rings. The number of nitrogen functional groups attached to an aromatic ring is 1. The third kappa shape index (κ3) is 4.70. The van der Waals surface area contributed by atoms with Crippen LogP contribution in [0, 0.1) is 11.3 Å². The lowest BCUT2D eigenvalue weighted by Gasteiger charge is -2.44. The van der Waals surface area contributed by atoms with Crippen molar-refractivity contribution in [3.8, 4) is 29.3 Å². The van der Waals surface area contributed by atoms with E-state index in [0.29, 0.717) is 54.0 Å². The molecule has 0 saturated carbocycles. The number of anilines is 1. The van der Waals surface area contributed by atoms with Crippen LogP contribution in [0.3, 0.4) is 0 Å². The van der Waals surface area contributed by atoms with Gasteiger partial charge in [0.25, 0.3) is 0 Å². The number of halogens is 1. The molecular formula is C33H40FN7O3. The maximum absolute atomic E-state index is 14.2. The second-order valence-electron chi connectivity index (χ2n) is 13.5. The number of rotatable bonds is 6. The highest BCUT2D eigenvalue weighted by Gasteiger charge is 2.48. The summed E-state index contributed by atoms with van der Waals surface area (Å²) >= 11 is 0. The fourth-order valence-corrected chi connectivity index (χ4v) is 7.84. The van der Waals surface area contributed by atoms with Crippen molar-refractivity contribution in [1.29, 1.82) is 5.26 Å². The molecule has 2 aliphatic carbocycles. The molecule has 2 aromatic heterocycles. The zero-order valence-corrected chi connectivity index (χ0v) is 25.8. The van der Waals surface area contributed by atoms with Crippen LogP contribution in [0.1, 0.15) is 80.9 Å². The van der Waals surface area contributed by atoms with Crippen molar-refractivity contribution in [1.82, 2.24) is 25.3 Å². The molecule has 7 rings (SSSR count). The van der Waals surface area contributed by atoms with Gasteiger partial charge in [-0.1, -0.05) is 11.2 Å². The van der Waals surface area contributed by atoms with E-state index < -0.39 is 11.6 Å². The topological polar surface area (TPSA) is 135 Å². The van der Waals surface area contributed by atoms with Crippen LogP contribution >= 0.6 is 0 Å². The smallest absolute Gasteiger partial charge is 0.221 e. The Morgan fingerprint density at radius 3 is 2.66 bits per heavy atom. The largest absolute Gasteiger partial charge is 0.473 e. The first-order valence-electron chi connectivity index (χ1n) is 15.7. The van der Waals surface area contributed by atoms with E-state index in [4.69, 9.17) is 29.7 Å². The van der Waals surface area contributed by atoms with Crippen molar-refractivity contribution in [2.75, 3.05) is 25.9 Å². The molecule has 44 heavy (non-hydrogen) atoms. The van der Waals surface area contributed by atoms with Gasteiger partial charge in [0.05, 0.1) is 22.6 Å². The predicted octanol–water partition coefficient (Wildman–Crippen LogP) is 4.48. The summed E-state index contributed by atoms with van der Waals surface area (Å²) in [6, 6.07) is 7.91. The molecule has 5 atom stereocenters. The van der Waals surface area contributed by atoms with Gasteiger partial charge in [-0.15, -0.1) is 0 Å². The molecule has 0 radical (unpaired) electrons. The van der Waals surface area contributed by atoms with Crippen LogP contribution in [0.15, 0.2) is 22.7 Å². The van der Waals surface area contributed by atoms with Gasteiger partial charge in [0.2, 0.25) is 11.8 Å². The molecule has 10 nitrogen and oxygen atoms in total. The van der Waals surface area contributed by atoms with Crippen molar-refractivity contribution in [2.24, 2.45) is 0 Å². The van der Waals surface area contributed by atoms with E-state index in [1.165, 1.54) is 0 Å². The third-order valence-electron chi connectivity index (χ3n) is 10.3. The zero-order valence-electron chi connectivity index (χ0n) is 25.8. The molecule has 2 aliphatic heterocycles. The van der Waals surface area contributed by atoms with Gasteiger partial charge in [-0.05, 0) is 90.0 Å². The lowest BCUT2D eigenvalue weighted by molar-refractivity contribution is 0.0261. The number of nitrogens with two attached hydrogens (primary N) is 1. The highest BCUT2D eigenvalue weighted by Crippen LogP contribution is 2.53. The summed E-state index contributed by atoms with van der Waals surface area (Å²) in [6.45, 7) is 7.21. The van der Waals surface area contributed by atoms with Crippen molar-refractivity contribution >= 4 is 5.69 Å². The number of benzene rings is 1. The van der Waals surface area contributed by atoms with Gasteiger partial charge in [0.15, 0.2) is 17.3 Å². The van der Waals surface area contributed by atoms with Crippen LogP contribution in [-0.4, -0.2) is 70.1 Å². The molecule has 0 amide bonds. The van der Waals surface area contributed by atoms with E-state index in [2.05, 4.69) is 36.5 Å². The summed E-state index contributed by atoms with van der Waals surface area (Å²) in [6.07, 6.45) is 4.39. The minimum Gasteiger partial charge on any atom is -0.473 e. The van der Waals surface area contributed by atoms with Crippen LogP contribution < -0.4 is 20.5 Å². The number of fused-ring (bicyclic) bond motifs is 4. The average Bonchev–Trinajstić information content (AvgIpc) is 3.59. The molecule has 4 aliphatic rings. The van der Waals surface area contributed by atoms with E-state index in [-0.39, 0.29) is 23.8 Å². The molecule has 1 aromatic carbocycles. The average molecular weight is 602 g/mol. The SMILES string of the molecule is CC(Oc1cc(OC2CNC2(C)C)nc(-c2noc3c2CCCC32CCCc3ccc(N)c(C#N)c32)n1)C1CC(F)CN1C. The first kappa shape index (κ1) is 29.0. The summed E-state index contributed by atoms with van der Waals surface area (Å²) < 4.78 is 33.1. The maximum Gasteiger partial charge on any atom is 0.221 e. The molecule has 11 heteroatoms. The van der Waals surface area contributed by atoms with Gasteiger partial charge in [-0.2, -0.15) is 15.2 Å². The van der Waals surface area contributed by atoms with Gasteiger partial charge >= 0.3 is 0 Å². The van der Waals surface area contributed by atoms with Gasteiger partial charge < -0.3 is 25.0 Å². The molecule has 4 heterocycles. The van der Waals surface area contributed by atoms with Crippen molar-refractivity contribution in [2.45, 2.75) is 101 Å². The number of likely N-dealkylation sites (N-methyl/N-ethyl adjacent to an activating group) is 1. The number of aryl methyl sites for hydroxylation is 1. The summed E-state index contributed by atoms with van der Waals surface area (Å²) in [4.78, 5) is 11.6. The van der Waals surface area contributed by atoms with Gasteiger partial charge in [0, 0.05) is 30.4 Å². The monoisotopic (exact) mass is 601 g/mol. The quantitative estimate of drug-likeness (QED) is 0.389. The highest BCUT2D eigenvalue weighted by molar-refractivity contribution is 5.67. The molecule has 232 valence electrons. The van der Waals surface area contributed by atoms with Crippen molar-refractivity contribution in [3.63, 3.8) is 0 Å². The minimum absolute atomic E-state index is 0.0737. The van der Waals surface area contributed by atoms with Crippen molar-refractivity contribution in [3.05, 3.63) is 46.2 Å². The molecule has 0 bridgehead atoms. The summed E-state index contributed by atoms with van der Waals surface area (Å²) in [7, 11) is 1.92. The van der Waals surface area contributed by atoms with E-state index in [9.17, 15) is 9.65 Å². The molecule has 2 saturated heterocycles. The van der Waals surface area contributed by atoms with E-state index >= 15 is 0 Å². The van der Waals surface area contributed by atoms with Crippen LogP contribution in [0.4, 0.5) is 10.1 Å². The highest BCUT2D eigenvalue weighted by atomic mass is 19.1. The zero-order chi connectivity index (χ0) is 30.8. The third-order valence-corrected chi connectivity index (χ3v) is 10.3. The van der Waals surface area contributed by atoms with Gasteiger partial charge in [-0.25, -0.2) is 4.39 Å². The molecule has 3 N–H and O–H groups in total.